The first-order chi connectivity index (χ1) is 23.4. The van der Waals surface area contributed by atoms with Gasteiger partial charge in [-0.2, -0.15) is 0 Å². The highest BCUT2D eigenvalue weighted by Gasteiger charge is 2.44. The van der Waals surface area contributed by atoms with E-state index in [2.05, 4.69) is 62.5 Å². The highest BCUT2D eigenvalue weighted by atomic mass is 16.7. The third-order valence-electron chi connectivity index (χ3n) is 8.26. The van der Waals surface area contributed by atoms with Gasteiger partial charge >= 0.3 is 5.97 Å². The molecule has 1 saturated heterocycles. The van der Waals surface area contributed by atoms with Gasteiger partial charge in [0.1, 0.15) is 30.5 Å². The Morgan fingerprint density at radius 3 is 1.88 bits per heavy atom. The number of carbonyl (C=O) groups excluding carboxylic acids is 1. The zero-order chi connectivity index (χ0) is 35.1. The number of carbonyl (C=O) groups is 1. The number of unbranched alkanes of at least 4 members (excludes halogenated alkanes) is 11. The van der Waals surface area contributed by atoms with Crippen molar-refractivity contribution in [3.8, 4) is 0 Å². The Bertz CT molecular complexity index is 870. The smallest absolute Gasteiger partial charge is 0.306 e. The monoisotopic (exact) mass is 680 g/mol. The van der Waals surface area contributed by atoms with Crippen LogP contribution in [0.15, 0.2) is 48.6 Å². The first kappa shape index (κ1) is 44.2. The summed E-state index contributed by atoms with van der Waals surface area (Å²) in [7, 11) is 0. The van der Waals surface area contributed by atoms with Gasteiger partial charge in [0, 0.05) is 13.0 Å². The zero-order valence-electron chi connectivity index (χ0n) is 30.0. The second-order valence-corrected chi connectivity index (χ2v) is 12.6. The van der Waals surface area contributed by atoms with E-state index in [-0.39, 0.29) is 19.2 Å². The van der Waals surface area contributed by atoms with Crippen molar-refractivity contribution in [2.24, 2.45) is 0 Å². The predicted octanol–water partition coefficient (Wildman–Crippen LogP) is 7.02. The summed E-state index contributed by atoms with van der Waals surface area (Å²) in [6.07, 6.45) is 29.4. The first-order valence-electron chi connectivity index (χ1n) is 18.7. The van der Waals surface area contributed by atoms with E-state index in [0.29, 0.717) is 13.0 Å². The van der Waals surface area contributed by atoms with Crippen LogP contribution in [0.2, 0.25) is 0 Å². The summed E-state index contributed by atoms with van der Waals surface area (Å²) in [6.45, 7) is 4.23. The van der Waals surface area contributed by atoms with Crippen LogP contribution in [0, 0.1) is 0 Å². The van der Waals surface area contributed by atoms with Crippen molar-refractivity contribution >= 4 is 5.97 Å². The molecule has 0 saturated carbocycles. The molecule has 0 aliphatic carbocycles. The second-order valence-electron chi connectivity index (χ2n) is 12.6. The Balaban J connectivity index is 2.13. The third kappa shape index (κ3) is 22.7. The molecule has 1 aliphatic heterocycles. The minimum absolute atomic E-state index is 0.119. The van der Waals surface area contributed by atoms with Crippen LogP contribution in [0.5, 0.6) is 0 Å². The van der Waals surface area contributed by atoms with Crippen molar-refractivity contribution in [3.63, 3.8) is 0 Å². The van der Waals surface area contributed by atoms with Crippen molar-refractivity contribution in [2.45, 2.75) is 166 Å². The lowest BCUT2D eigenvalue weighted by Gasteiger charge is -2.39. The lowest BCUT2D eigenvalue weighted by molar-refractivity contribution is -0.305. The minimum atomic E-state index is -1.53. The lowest BCUT2D eigenvalue weighted by Crippen LogP contribution is -2.59. The maximum absolute atomic E-state index is 12.3. The van der Waals surface area contributed by atoms with E-state index in [1.165, 1.54) is 44.9 Å². The summed E-state index contributed by atoms with van der Waals surface area (Å²) in [4.78, 5) is 12.3. The van der Waals surface area contributed by atoms with Gasteiger partial charge in [0.05, 0.1) is 19.8 Å². The molecule has 0 bridgehead atoms. The van der Waals surface area contributed by atoms with Gasteiger partial charge < -0.3 is 39.4 Å². The second kappa shape index (κ2) is 31.2. The minimum Gasteiger partial charge on any atom is -0.457 e. The van der Waals surface area contributed by atoms with E-state index in [4.69, 9.17) is 18.9 Å². The van der Waals surface area contributed by atoms with Crippen LogP contribution >= 0.6 is 0 Å². The molecule has 4 N–H and O–H groups in total. The number of ether oxygens (including phenoxy) is 4. The lowest BCUT2D eigenvalue weighted by atomic mass is 9.99. The van der Waals surface area contributed by atoms with E-state index in [0.717, 1.165) is 64.2 Å². The summed E-state index contributed by atoms with van der Waals surface area (Å²) in [5.74, 6) is -0.343. The average Bonchev–Trinajstić information content (AvgIpc) is 3.08. The van der Waals surface area contributed by atoms with Gasteiger partial charge in [-0.1, -0.05) is 120 Å². The molecule has 6 unspecified atom stereocenters. The van der Waals surface area contributed by atoms with E-state index in [9.17, 15) is 25.2 Å². The SMILES string of the molecule is CC/C=C\C/C=C\C/C=C\C/C=C\CCCCCCCCCCCOCC(COC1OC(CO)C(O)C(O)C1O)OC(=O)CCCCC. The molecule has 0 aromatic rings. The molecule has 0 aromatic carbocycles. The number of aliphatic hydroxyl groups excluding tert-OH is 4. The fourth-order valence-electron chi connectivity index (χ4n) is 5.30. The van der Waals surface area contributed by atoms with E-state index in [1.54, 1.807) is 0 Å². The summed E-state index contributed by atoms with van der Waals surface area (Å²) >= 11 is 0. The number of esters is 1. The van der Waals surface area contributed by atoms with Crippen molar-refractivity contribution in [3.05, 3.63) is 48.6 Å². The normalized spacial score (nSPS) is 22.5. The molecule has 6 atom stereocenters. The molecule has 9 nitrogen and oxygen atoms in total. The van der Waals surface area contributed by atoms with Crippen molar-refractivity contribution < 1.29 is 44.2 Å². The highest BCUT2D eigenvalue weighted by molar-refractivity contribution is 5.69. The Kier molecular flexibility index (Phi) is 28.7. The van der Waals surface area contributed by atoms with Crippen molar-refractivity contribution in [2.75, 3.05) is 26.4 Å². The summed E-state index contributed by atoms with van der Waals surface area (Å²) in [5.41, 5.74) is 0. The summed E-state index contributed by atoms with van der Waals surface area (Å²) in [5, 5.41) is 39.6. The van der Waals surface area contributed by atoms with Crippen molar-refractivity contribution in [1.29, 1.82) is 0 Å². The molecule has 1 aliphatic rings. The van der Waals surface area contributed by atoms with Gasteiger partial charge in [-0.15, -0.1) is 0 Å². The zero-order valence-corrected chi connectivity index (χ0v) is 30.0. The van der Waals surface area contributed by atoms with E-state index >= 15 is 0 Å². The summed E-state index contributed by atoms with van der Waals surface area (Å²) < 4.78 is 22.4. The molecular formula is C39H68O9. The van der Waals surface area contributed by atoms with Crippen molar-refractivity contribution in [1.82, 2.24) is 0 Å². The fraction of sp³-hybridized carbons (Fsp3) is 0.769. The van der Waals surface area contributed by atoms with Crippen LogP contribution in [-0.4, -0.2) is 89.6 Å². The van der Waals surface area contributed by atoms with Crippen LogP contribution in [0.1, 0.15) is 129 Å². The average molecular weight is 681 g/mol. The number of hydrogen-bond donors (Lipinski definition) is 4. The third-order valence-corrected chi connectivity index (χ3v) is 8.26. The Labute approximate surface area is 291 Å². The topological polar surface area (TPSA) is 135 Å². The number of rotatable bonds is 30. The van der Waals surface area contributed by atoms with Gasteiger partial charge in [-0.3, -0.25) is 4.79 Å². The maximum Gasteiger partial charge on any atom is 0.306 e. The molecule has 1 rings (SSSR count). The number of aliphatic hydroxyl groups is 4. The van der Waals surface area contributed by atoms with Gasteiger partial charge in [0.15, 0.2) is 6.29 Å². The van der Waals surface area contributed by atoms with Crippen LogP contribution in [0.4, 0.5) is 0 Å². The maximum atomic E-state index is 12.3. The predicted molar refractivity (Wildman–Crippen MR) is 191 cm³/mol. The standard InChI is InChI=1S/C39H68O9/c1-3-5-7-8-9-10-11-12-13-14-15-16-17-18-19-20-21-22-23-24-25-27-29-45-31-33(47-35(41)28-26-6-4-2)32-46-39-38(44)37(43)36(42)34(30-40)48-39/h5,7,9-10,12-13,15-16,33-34,36-40,42-44H,3-4,6,8,11,14,17-32H2,1-2H3/b7-5-,10-9-,13-12-,16-15-. The molecular weight excluding hydrogens is 612 g/mol. The molecule has 0 spiro atoms. The number of allylic oxidation sites excluding steroid dienone is 8. The number of hydrogen-bond acceptors (Lipinski definition) is 9. The fourth-order valence-corrected chi connectivity index (χ4v) is 5.30. The van der Waals surface area contributed by atoms with E-state index in [1.807, 2.05) is 0 Å². The van der Waals surface area contributed by atoms with Crippen LogP contribution in [0.25, 0.3) is 0 Å². The quantitative estimate of drug-likeness (QED) is 0.0359. The molecule has 278 valence electrons. The molecule has 48 heavy (non-hydrogen) atoms. The molecule has 9 heteroatoms. The Morgan fingerprint density at radius 1 is 0.688 bits per heavy atom. The van der Waals surface area contributed by atoms with E-state index < -0.39 is 43.4 Å². The molecule has 1 fully saturated rings. The van der Waals surface area contributed by atoms with Crippen LogP contribution in [-0.2, 0) is 23.7 Å². The van der Waals surface area contributed by atoms with Gasteiger partial charge in [-0.25, -0.2) is 0 Å². The van der Waals surface area contributed by atoms with Crippen LogP contribution < -0.4 is 0 Å². The van der Waals surface area contributed by atoms with Crippen LogP contribution in [0.3, 0.4) is 0 Å². The molecule has 1 heterocycles. The Hall–Kier alpha value is -1.85. The Morgan fingerprint density at radius 2 is 1.27 bits per heavy atom. The summed E-state index contributed by atoms with van der Waals surface area (Å²) in [6, 6.07) is 0. The molecule has 0 amide bonds. The van der Waals surface area contributed by atoms with Gasteiger partial charge in [0.25, 0.3) is 0 Å². The highest BCUT2D eigenvalue weighted by Crippen LogP contribution is 2.22. The van der Waals surface area contributed by atoms with Gasteiger partial charge in [-0.05, 0) is 51.4 Å². The molecule has 0 radical (unpaired) electrons. The molecule has 0 aromatic heterocycles. The first-order valence-corrected chi connectivity index (χ1v) is 18.7. The largest absolute Gasteiger partial charge is 0.457 e. The van der Waals surface area contributed by atoms with Gasteiger partial charge in [0.2, 0.25) is 0 Å².